The van der Waals surface area contributed by atoms with Gasteiger partial charge in [0.1, 0.15) is 0 Å². The van der Waals surface area contributed by atoms with Gasteiger partial charge in [-0.05, 0) is 18.2 Å². The Hall–Kier alpha value is -2.97. The number of rotatable bonds is 5. The highest BCUT2D eigenvalue weighted by atomic mass is 32.1. The second-order valence-corrected chi connectivity index (χ2v) is 7.81. The first-order chi connectivity index (χ1) is 13.6. The number of hydrogen-bond donors (Lipinski definition) is 0. The lowest BCUT2D eigenvalue weighted by Crippen LogP contribution is -2.16. The first kappa shape index (κ1) is 18.4. The van der Waals surface area contributed by atoms with E-state index in [1.165, 1.54) is 22.7 Å². The summed E-state index contributed by atoms with van der Waals surface area (Å²) in [6.45, 7) is 4.34. The Morgan fingerprint density at radius 1 is 1.21 bits per heavy atom. The number of ether oxygens (including phenoxy) is 2. The quantitative estimate of drug-likeness (QED) is 0.460. The Balaban J connectivity index is 1.86. The molecule has 0 saturated heterocycles. The number of fused-ring (bicyclic) bond motifs is 2. The first-order valence-electron chi connectivity index (χ1n) is 8.43. The summed E-state index contributed by atoms with van der Waals surface area (Å²) in [6.07, 6.45) is 1.77. The number of methoxy groups -OCH3 is 2. The van der Waals surface area contributed by atoms with Crippen molar-refractivity contribution in [2.45, 2.75) is 6.54 Å². The van der Waals surface area contributed by atoms with Crippen LogP contribution in [0.2, 0.25) is 0 Å². The molecule has 142 valence electrons. The SMILES string of the molecule is C=CCn1c(=NC(=O)c2ccc3ncsc3c2)sc2cc(OC)c(OC)cc21. The standard InChI is InChI=1S/C20H17N3O3S2/c1-4-7-23-14-9-15(25-2)16(26-3)10-18(14)28-20(23)22-19(24)12-5-6-13-17(8-12)27-11-21-13/h4-6,8-11H,1,7H2,2-3H3. The molecule has 0 fully saturated rings. The number of thiazole rings is 2. The van der Waals surface area contributed by atoms with E-state index in [1.807, 2.05) is 28.8 Å². The number of nitrogens with zero attached hydrogens (tertiary/aromatic N) is 3. The third kappa shape index (κ3) is 3.21. The van der Waals surface area contributed by atoms with Crippen LogP contribution in [0.1, 0.15) is 10.4 Å². The maximum atomic E-state index is 12.8. The molecule has 2 aromatic heterocycles. The second-order valence-electron chi connectivity index (χ2n) is 5.91. The molecule has 0 saturated carbocycles. The zero-order chi connectivity index (χ0) is 19.7. The Morgan fingerprint density at radius 3 is 2.75 bits per heavy atom. The molecule has 4 rings (SSSR count). The van der Waals surface area contributed by atoms with Gasteiger partial charge in [0.15, 0.2) is 16.3 Å². The summed E-state index contributed by atoms with van der Waals surface area (Å²) >= 11 is 2.92. The van der Waals surface area contributed by atoms with Gasteiger partial charge in [0.2, 0.25) is 0 Å². The minimum atomic E-state index is -0.293. The van der Waals surface area contributed by atoms with Crippen molar-refractivity contribution in [2.24, 2.45) is 4.99 Å². The van der Waals surface area contributed by atoms with Gasteiger partial charge in [-0.25, -0.2) is 4.98 Å². The maximum absolute atomic E-state index is 12.8. The van der Waals surface area contributed by atoms with Crippen LogP contribution in [0.3, 0.4) is 0 Å². The fraction of sp³-hybridized carbons (Fsp3) is 0.150. The third-order valence-electron chi connectivity index (χ3n) is 4.28. The summed E-state index contributed by atoms with van der Waals surface area (Å²) in [7, 11) is 3.19. The van der Waals surface area contributed by atoms with Gasteiger partial charge in [0, 0.05) is 24.2 Å². The van der Waals surface area contributed by atoms with Gasteiger partial charge in [0.05, 0.1) is 40.2 Å². The molecule has 4 aromatic rings. The molecule has 0 aliphatic heterocycles. The van der Waals surface area contributed by atoms with E-state index in [9.17, 15) is 4.79 Å². The summed E-state index contributed by atoms with van der Waals surface area (Å²) in [5.41, 5.74) is 4.09. The van der Waals surface area contributed by atoms with E-state index in [0.29, 0.717) is 28.4 Å². The largest absolute Gasteiger partial charge is 0.493 e. The lowest BCUT2D eigenvalue weighted by Gasteiger charge is -2.08. The van der Waals surface area contributed by atoms with Crippen LogP contribution >= 0.6 is 22.7 Å². The number of aromatic nitrogens is 2. The van der Waals surface area contributed by atoms with Crippen LogP contribution in [0.4, 0.5) is 0 Å². The van der Waals surface area contributed by atoms with Crippen LogP contribution in [-0.4, -0.2) is 29.7 Å². The Morgan fingerprint density at radius 2 is 2.00 bits per heavy atom. The molecule has 28 heavy (non-hydrogen) atoms. The van der Waals surface area contributed by atoms with Crippen molar-refractivity contribution in [1.82, 2.24) is 9.55 Å². The molecule has 0 aliphatic carbocycles. The fourth-order valence-electron chi connectivity index (χ4n) is 2.93. The number of allylic oxidation sites excluding steroid dienone is 1. The molecule has 0 N–H and O–H groups in total. The Kier molecular flexibility index (Phi) is 4.97. The fourth-order valence-corrected chi connectivity index (χ4v) is 4.69. The Labute approximate surface area is 169 Å². The van der Waals surface area contributed by atoms with Crippen LogP contribution in [0.15, 0.2) is 53.5 Å². The average Bonchev–Trinajstić information content (AvgIpc) is 3.31. The number of carbonyl (C=O) groups excluding carboxylic acids is 1. The van der Waals surface area contributed by atoms with Crippen LogP contribution in [-0.2, 0) is 6.54 Å². The predicted molar refractivity (Wildman–Crippen MR) is 113 cm³/mol. The van der Waals surface area contributed by atoms with Crippen LogP contribution < -0.4 is 14.3 Å². The monoisotopic (exact) mass is 411 g/mol. The third-order valence-corrected chi connectivity index (χ3v) is 6.11. The van der Waals surface area contributed by atoms with Crippen molar-refractivity contribution in [2.75, 3.05) is 14.2 Å². The average molecular weight is 412 g/mol. The highest BCUT2D eigenvalue weighted by Gasteiger charge is 2.13. The number of carbonyl (C=O) groups is 1. The molecule has 8 heteroatoms. The van der Waals surface area contributed by atoms with Crippen LogP contribution in [0, 0.1) is 0 Å². The van der Waals surface area contributed by atoms with Gasteiger partial charge in [-0.3, -0.25) is 4.79 Å². The minimum Gasteiger partial charge on any atom is -0.493 e. The molecular formula is C20H17N3O3S2. The molecule has 2 heterocycles. The summed E-state index contributed by atoms with van der Waals surface area (Å²) in [4.78, 5) is 22.0. The van der Waals surface area contributed by atoms with E-state index < -0.39 is 0 Å². The molecule has 0 radical (unpaired) electrons. The zero-order valence-electron chi connectivity index (χ0n) is 15.3. The normalized spacial score (nSPS) is 11.9. The lowest BCUT2D eigenvalue weighted by atomic mass is 10.2. The number of amides is 1. The van der Waals surface area contributed by atoms with Gasteiger partial charge in [-0.15, -0.1) is 17.9 Å². The lowest BCUT2D eigenvalue weighted by molar-refractivity contribution is 0.0998. The van der Waals surface area contributed by atoms with E-state index in [0.717, 1.165) is 20.4 Å². The molecule has 0 atom stereocenters. The molecule has 0 aliphatic rings. The summed E-state index contributed by atoms with van der Waals surface area (Å²) in [5.74, 6) is 0.966. The van der Waals surface area contributed by atoms with Crippen molar-refractivity contribution in [3.05, 3.63) is 58.9 Å². The molecule has 0 spiro atoms. The van der Waals surface area contributed by atoms with Crippen molar-refractivity contribution in [3.8, 4) is 11.5 Å². The van der Waals surface area contributed by atoms with Gasteiger partial charge >= 0.3 is 0 Å². The smallest absolute Gasteiger partial charge is 0.279 e. The highest BCUT2D eigenvalue weighted by molar-refractivity contribution is 7.17. The molecule has 1 amide bonds. The van der Waals surface area contributed by atoms with E-state index >= 15 is 0 Å². The second kappa shape index (κ2) is 7.57. The highest BCUT2D eigenvalue weighted by Crippen LogP contribution is 2.33. The predicted octanol–water partition coefficient (Wildman–Crippen LogP) is 4.26. The molecule has 2 aromatic carbocycles. The van der Waals surface area contributed by atoms with Gasteiger partial charge in [-0.2, -0.15) is 4.99 Å². The van der Waals surface area contributed by atoms with E-state index in [2.05, 4.69) is 16.6 Å². The van der Waals surface area contributed by atoms with Gasteiger partial charge in [-0.1, -0.05) is 17.4 Å². The van der Waals surface area contributed by atoms with E-state index in [-0.39, 0.29) is 5.91 Å². The molecular weight excluding hydrogens is 394 g/mol. The zero-order valence-corrected chi connectivity index (χ0v) is 17.0. The maximum Gasteiger partial charge on any atom is 0.279 e. The van der Waals surface area contributed by atoms with Crippen LogP contribution in [0.5, 0.6) is 11.5 Å². The summed E-state index contributed by atoms with van der Waals surface area (Å²) in [6, 6.07) is 9.21. The topological polar surface area (TPSA) is 65.7 Å². The number of benzene rings is 2. The summed E-state index contributed by atoms with van der Waals surface area (Å²) < 4.78 is 14.6. The molecule has 0 unspecified atom stereocenters. The first-order valence-corrected chi connectivity index (χ1v) is 10.1. The Bertz CT molecular complexity index is 1270. The minimum absolute atomic E-state index is 0.293. The van der Waals surface area contributed by atoms with Crippen molar-refractivity contribution in [1.29, 1.82) is 0 Å². The van der Waals surface area contributed by atoms with Gasteiger partial charge in [0.25, 0.3) is 5.91 Å². The van der Waals surface area contributed by atoms with Crippen molar-refractivity contribution < 1.29 is 14.3 Å². The number of hydrogen-bond acceptors (Lipinski definition) is 6. The summed E-state index contributed by atoms with van der Waals surface area (Å²) in [5, 5.41) is 0. The van der Waals surface area contributed by atoms with E-state index in [1.54, 1.807) is 31.9 Å². The van der Waals surface area contributed by atoms with Crippen molar-refractivity contribution in [3.63, 3.8) is 0 Å². The van der Waals surface area contributed by atoms with Crippen molar-refractivity contribution >= 4 is 49.0 Å². The molecule has 6 nitrogen and oxygen atoms in total. The van der Waals surface area contributed by atoms with E-state index in [4.69, 9.17) is 9.47 Å². The van der Waals surface area contributed by atoms with Gasteiger partial charge < -0.3 is 14.0 Å². The van der Waals surface area contributed by atoms with Crippen LogP contribution in [0.25, 0.3) is 20.4 Å². The molecule has 0 bridgehead atoms.